The van der Waals surface area contributed by atoms with Crippen molar-refractivity contribution in [3.8, 4) is 33.4 Å². The Hall–Kier alpha value is -5.66. The van der Waals surface area contributed by atoms with Gasteiger partial charge in [-0.15, -0.1) is 0 Å². The largest absolute Gasteiger partial charge is 0.456 e. The summed E-state index contributed by atoms with van der Waals surface area (Å²) in [4.78, 5) is 0. The molecule has 0 saturated heterocycles. The number of benzene rings is 8. The van der Waals surface area contributed by atoms with Gasteiger partial charge in [0.1, 0.15) is 11.2 Å². The second-order valence-electron chi connectivity index (χ2n) is 11.2. The van der Waals surface area contributed by atoms with Crippen LogP contribution in [0.25, 0.3) is 87.6 Å². The van der Waals surface area contributed by atoms with Crippen LogP contribution in [0.5, 0.6) is 0 Å². The summed E-state index contributed by atoms with van der Waals surface area (Å²) in [6.45, 7) is 0. The van der Waals surface area contributed by atoms with Crippen LogP contribution in [-0.2, 0) is 0 Å². The Kier molecular flexibility index (Phi) is 5.27. The van der Waals surface area contributed by atoms with Crippen molar-refractivity contribution in [3.63, 3.8) is 0 Å². The van der Waals surface area contributed by atoms with Gasteiger partial charge < -0.3 is 4.42 Å². The average Bonchev–Trinajstić information content (AvgIpc) is 3.44. The summed E-state index contributed by atoms with van der Waals surface area (Å²) >= 11 is 0. The fourth-order valence-electron chi connectivity index (χ4n) is 7.00. The van der Waals surface area contributed by atoms with Crippen LogP contribution in [0.4, 0.5) is 0 Å². The molecular formula is C42H26O. The van der Waals surface area contributed by atoms with Crippen LogP contribution in [0, 0.1) is 0 Å². The molecule has 1 aromatic heterocycles. The van der Waals surface area contributed by atoms with Crippen LogP contribution >= 0.6 is 0 Å². The highest BCUT2D eigenvalue weighted by Crippen LogP contribution is 2.48. The monoisotopic (exact) mass is 546 g/mol. The fourth-order valence-corrected chi connectivity index (χ4v) is 7.00. The summed E-state index contributed by atoms with van der Waals surface area (Å²) in [6, 6.07) is 56.8. The number of rotatable bonds is 3. The van der Waals surface area contributed by atoms with Crippen LogP contribution in [0.15, 0.2) is 162 Å². The van der Waals surface area contributed by atoms with Gasteiger partial charge in [-0.1, -0.05) is 140 Å². The SMILES string of the molecule is c1ccc(-c2c3ccccc3c(-c3cc4c(cc3-c3cccc5ccccc35)oc3ccccc34)c3ccccc23)cc1. The minimum atomic E-state index is 0.905. The zero-order chi connectivity index (χ0) is 28.3. The summed E-state index contributed by atoms with van der Waals surface area (Å²) in [5.41, 5.74) is 9.16. The van der Waals surface area contributed by atoms with E-state index in [1.54, 1.807) is 0 Å². The van der Waals surface area contributed by atoms with E-state index in [0.29, 0.717) is 0 Å². The molecular weight excluding hydrogens is 520 g/mol. The minimum Gasteiger partial charge on any atom is -0.456 e. The quantitative estimate of drug-likeness (QED) is 0.201. The molecule has 0 atom stereocenters. The van der Waals surface area contributed by atoms with Gasteiger partial charge in [-0.3, -0.25) is 0 Å². The molecule has 0 fully saturated rings. The first-order valence-corrected chi connectivity index (χ1v) is 14.8. The van der Waals surface area contributed by atoms with Gasteiger partial charge in [-0.25, -0.2) is 0 Å². The van der Waals surface area contributed by atoms with Gasteiger partial charge in [-0.05, 0) is 83.9 Å². The average molecular weight is 547 g/mol. The van der Waals surface area contributed by atoms with E-state index in [-0.39, 0.29) is 0 Å². The van der Waals surface area contributed by atoms with Crippen LogP contribution in [-0.4, -0.2) is 0 Å². The lowest BCUT2D eigenvalue weighted by molar-refractivity contribution is 0.669. The normalized spacial score (nSPS) is 11.7. The minimum absolute atomic E-state index is 0.905. The van der Waals surface area contributed by atoms with Gasteiger partial charge >= 0.3 is 0 Å². The molecule has 0 bridgehead atoms. The lowest BCUT2D eigenvalue weighted by Gasteiger charge is -2.20. The molecule has 0 aliphatic heterocycles. The van der Waals surface area contributed by atoms with Gasteiger partial charge in [0, 0.05) is 10.8 Å². The molecule has 0 unspecified atom stereocenters. The maximum Gasteiger partial charge on any atom is 0.136 e. The van der Waals surface area contributed by atoms with E-state index in [1.165, 1.54) is 65.7 Å². The lowest BCUT2D eigenvalue weighted by atomic mass is 9.83. The third kappa shape index (κ3) is 3.65. The summed E-state index contributed by atoms with van der Waals surface area (Å²) in [5.74, 6) is 0. The number of fused-ring (bicyclic) bond motifs is 6. The van der Waals surface area contributed by atoms with Crippen molar-refractivity contribution >= 4 is 54.3 Å². The predicted octanol–water partition coefficient (Wildman–Crippen LogP) is 12.0. The molecule has 0 radical (unpaired) electrons. The second-order valence-corrected chi connectivity index (χ2v) is 11.2. The van der Waals surface area contributed by atoms with Crippen molar-refractivity contribution in [2.24, 2.45) is 0 Å². The highest BCUT2D eigenvalue weighted by atomic mass is 16.3. The molecule has 8 aromatic carbocycles. The molecule has 1 heterocycles. The summed E-state index contributed by atoms with van der Waals surface area (Å²) in [5, 5.41) is 9.72. The molecule has 200 valence electrons. The Bertz CT molecular complexity index is 2440. The molecule has 43 heavy (non-hydrogen) atoms. The Morgan fingerprint density at radius 1 is 0.302 bits per heavy atom. The van der Waals surface area contributed by atoms with Crippen LogP contribution in [0.2, 0.25) is 0 Å². The molecule has 0 saturated carbocycles. The van der Waals surface area contributed by atoms with Crippen LogP contribution < -0.4 is 0 Å². The number of hydrogen-bond acceptors (Lipinski definition) is 1. The van der Waals surface area contributed by atoms with Gasteiger partial charge in [0.25, 0.3) is 0 Å². The highest BCUT2D eigenvalue weighted by Gasteiger charge is 2.21. The number of hydrogen-bond donors (Lipinski definition) is 0. The first-order valence-electron chi connectivity index (χ1n) is 14.8. The van der Waals surface area contributed by atoms with Crippen molar-refractivity contribution in [2.45, 2.75) is 0 Å². The molecule has 0 aliphatic rings. The lowest BCUT2D eigenvalue weighted by Crippen LogP contribution is -1.93. The highest BCUT2D eigenvalue weighted by molar-refractivity contribution is 6.24. The number of para-hydroxylation sites is 1. The second kappa shape index (κ2) is 9.44. The first kappa shape index (κ1) is 24.0. The van der Waals surface area contributed by atoms with Crippen molar-refractivity contribution in [1.82, 2.24) is 0 Å². The standard InChI is InChI=1S/C42H26O/c1-2-14-28(15-3-1)41-32-19-6-8-21-34(32)42(35-22-9-7-20-33(35)41)38-25-37-31-18-10-11-24-39(31)43-40(37)26-36(38)30-23-12-16-27-13-4-5-17-29(27)30/h1-26H. The van der Waals surface area contributed by atoms with Crippen molar-refractivity contribution < 1.29 is 4.42 Å². The van der Waals surface area contributed by atoms with Crippen LogP contribution in [0.3, 0.4) is 0 Å². The van der Waals surface area contributed by atoms with E-state index < -0.39 is 0 Å². The first-order chi connectivity index (χ1) is 21.3. The Morgan fingerprint density at radius 2 is 0.860 bits per heavy atom. The van der Waals surface area contributed by atoms with Gasteiger partial charge in [0.15, 0.2) is 0 Å². The van der Waals surface area contributed by atoms with Crippen molar-refractivity contribution in [2.75, 3.05) is 0 Å². The van der Waals surface area contributed by atoms with E-state index in [0.717, 1.165) is 21.9 Å². The maximum atomic E-state index is 6.47. The fraction of sp³-hybridized carbons (Fsp3) is 0. The Balaban J connectivity index is 1.49. The Morgan fingerprint density at radius 3 is 1.58 bits per heavy atom. The van der Waals surface area contributed by atoms with Gasteiger partial charge in [-0.2, -0.15) is 0 Å². The Labute approximate surface area is 249 Å². The molecule has 0 aliphatic carbocycles. The van der Waals surface area contributed by atoms with E-state index in [1.807, 2.05) is 6.07 Å². The zero-order valence-electron chi connectivity index (χ0n) is 23.4. The zero-order valence-corrected chi connectivity index (χ0v) is 23.4. The van der Waals surface area contributed by atoms with Gasteiger partial charge in [0.05, 0.1) is 0 Å². The predicted molar refractivity (Wildman–Crippen MR) is 183 cm³/mol. The van der Waals surface area contributed by atoms with E-state index in [9.17, 15) is 0 Å². The van der Waals surface area contributed by atoms with E-state index in [4.69, 9.17) is 4.42 Å². The molecule has 0 spiro atoms. The summed E-state index contributed by atoms with van der Waals surface area (Å²) < 4.78 is 6.47. The van der Waals surface area contributed by atoms with E-state index in [2.05, 4.69) is 152 Å². The molecule has 0 amide bonds. The summed E-state index contributed by atoms with van der Waals surface area (Å²) in [7, 11) is 0. The third-order valence-corrected chi connectivity index (χ3v) is 8.86. The van der Waals surface area contributed by atoms with E-state index >= 15 is 0 Å². The van der Waals surface area contributed by atoms with Crippen molar-refractivity contribution in [3.05, 3.63) is 158 Å². The third-order valence-electron chi connectivity index (χ3n) is 8.86. The molecule has 1 heteroatoms. The molecule has 9 rings (SSSR count). The topological polar surface area (TPSA) is 13.1 Å². The molecule has 9 aromatic rings. The molecule has 1 nitrogen and oxygen atoms in total. The van der Waals surface area contributed by atoms with Gasteiger partial charge in [0.2, 0.25) is 0 Å². The smallest absolute Gasteiger partial charge is 0.136 e. The van der Waals surface area contributed by atoms with Crippen LogP contribution in [0.1, 0.15) is 0 Å². The maximum absolute atomic E-state index is 6.47. The number of furan rings is 1. The summed E-state index contributed by atoms with van der Waals surface area (Å²) in [6.07, 6.45) is 0. The molecule has 0 N–H and O–H groups in total. The van der Waals surface area contributed by atoms with Crippen molar-refractivity contribution in [1.29, 1.82) is 0 Å².